The van der Waals surface area contributed by atoms with Gasteiger partial charge in [-0.15, -0.1) is 0 Å². The first-order chi connectivity index (χ1) is 16.4. The molecule has 0 spiro atoms. The summed E-state index contributed by atoms with van der Waals surface area (Å²) in [5.41, 5.74) is 5.54. The van der Waals surface area contributed by atoms with Crippen LogP contribution in [-0.4, -0.2) is 19.7 Å². The van der Waals surface area contributed by atoms with E-state index in [1.54, 1.807) is 49.4 Å². The molecular weight excluding hydrogens is 442 g/mol. The third-order valence-corrected chi connectivity index (χ3v) is 5.64. The molecular formula is C25H19NO8. The minimum atomic E-state index is -1.12. The van der Waals surface area contributed by atoms with E-state index < -0.39 is 23.1 Å². The van der Waals surface area contributed by atoms with Crippen LogP contribution < -0.4 is 26.5 Å². The normalized spacial score (nSPS) is 15.2. The molecule has 0 aliphatic carbocycles. The van der Waals surface area contributed by atoms with E-state index in [0.29, 0.717) is 22.1 Å². The predicted octanol–water partition coefficient (Wildman–Crippen LogP) is 3.17. The Labute approximate surface area is 191 Å². The number of hydrogen-bond donors (Lipinski definition) is 1. The quantitative estimate of drug-likeness (QED) is 0.359. The van der Waals surface area contributed by atoms with E-state index in [9.17, 15) is 14.4 Å². The second-order valence-electron chi connectivity index (χ2n) is 7.54. The molecule has 2 aromatic heterocycles. The van der Waals surface area contributed by atoms with Crippen molar-refractivity contribution in [3.8, 4) is 11.5 Å². The molecule has 172 valence electrons. The minimum absolute atomic E-state index is 0.0191. The maximum atomic E-state index is 13.2. The van der Waals surface area contributed by atoms with Gasteiger partial charge in [-0.1, -0.05) is 12.1 Å². The smallest absolute Gasteiger partial charge is 0.344 e. The second-order valence-corrected chi connectivity index (χ2v) is 7.54. The van der Waals surface area contributed by atoms with Gasteiger partial charge in [0.05, 0.1) is 30.6 Å². The number of hydrogen-bond acceptors (Lipinski definition) is 9. The molecule has 0 fully saturated rings. The summed E-state index contributed by atoms with van der Waals surface area (Å²) in [6.07, 6.45) is 0. The fourth-order valence-corrected chi connectivity index (χ4v) is 4.22. The highest BCUT2D eigenvalue weighted by Gasteiger charge is 2.40. The van der Waals surface area contributed by atoms with Gasteiger partial charge in [0.15, 0.2) is 5.75 Å². The Morgan fingerprint density at radius 2 is 1.79 bits per heavy atom. The first kappa shape index (κ1) is 21.3. The van der Waals surface area contributed by atoms with E-state index >= 15 is 0 Å². The molecule has 1 atom stereocenters. The fraction of sp³-hybridized carbons (Fsp3) is 0.160. The van der Waals surface area contributed by atoms with Crippen LogP contribution in [0.5, 0.6) is 11.5 Å². The Morgan fingerprint density at radius 1 is 1.03 bits per heavy atom. The van der Waals surface area contributed by atoms with Crippen LogP contribution in [0, 0.1) is 0 Å². The molecule has 0 amide bonds. The van der Waals surface area contributed by atoms with Gasteiger partial charge in [-0.3, -0.25) is 0 Å². The van der Waals surface area contributed by atoms with Crippen molar-refractivity contribution in [2.24, 2.45) is 5.73 Å². The maximum absolute atomic E-state index is 13.2. The van der Waals surface area contributed by atoms with Crippen LogP contribution in [-0.2, 0) is 9.53 Å². The Morgan fingerprint density at radius 3 is 2.56 bits per heavy atom. The highest BCUT2D eigenvalue weighted by Crippen LogP contribution is 2.45. The third kappa shape index (κ3) is 3.29. The lowest BCUT2D eigenvalue weighted by atomic mass is 9.82. The van der Waals surface area contributed by atoms with Crippen molar-refractivity contribution in [1.29, 1.82) is 0 Å². The first-order valence-corrected chi connectivity index (χ1v) is 10.4. The molecule has 9 nitrogen and oxygen atoms in total. The second kappa shape index (κ2) is 8.11. The Hall–Kier alpha value is -4.53. The first-order valence-electron chi connectivity index (χ1n) is 10.4. The molecule has 5 rings (SSSR count). The molecule has 34 heavy (non-hydrogen) atoms. The highest BCUT2D eigenvalue weighted by molar-refractivity contribution is 5.96. The monoisotopic (exact) mass is 461 g/mol. The molecule has 2 aromatic carbocycles. The molecule has 4 aromatic rings. The number of nitrogens with two attached hydrogens (primary N) is 1. The number of esters is 1. The highest BCUT2D eigenvalue weighted by atomic mass is 16.5. The van der Waals surface area contributed by atoms with E-state index in [2.05, 4.69) is 0 Å². The summed E-state index contributed by atoms with van der Waals surface area (Å²) in [4.78, 5) is 38.8. The summed E-state index contributed by atoms with van der Waals surface area (Å²) >= 11 is 0. The molecule has 3 heterocycles. The predicted molar refractivity (Wildman–Crippen MR) is 122 cm³/mol. The third-order valence-electron chi connectivity index (χ3n) is 5.64. The van der Waals surface area contributed by atoms with Gasteiger partial charge in [0, 0.05) is 11.5 Å². The number of ether oxygens (including phenoxy) is 3. The lowest BCUT2D eigenvalue weighted by Crippen LogP contribution is -2.31. The van der Waals surface area contributed by atoms with Gasteiger partial charge in [-0.25, -0.2) is 14.4 Å². The van der Waals surface area contributed by atoms with Gasteiger partial charge in [-0.05, 0) is 42.8 Å². The van der Waals surface area contributed by atoms with Crippen molar-refractivity contribution in [3.63, 3.8) is 0 Å². The van der Waals surface area contributed by atoms with Gasteiger partial charge >= 0.3 is 17.2 Å². The molecule has 2 N–H and O–H groups in total. The topological polar surface area (TPSA) is 131 Å². The minimum Gasteiger partial charge on any atom is -0.497 e. The number of carbonyl (C=O) groups is 1. The van der Waals surface area contributed by atoms with Crippen LogP contribution >= 0.6 is 0 Å². The Kier molecular flexibility index (Phi) is 5.09. The number of carbonyl (C=O) groups excluding carboxylic acids is 1. The van der Waals surface area contributed by atoms with Crippen LogP contribution in [0.15, 0.2) is 78.4 Å². The zero-order valence-electron chi connectivity index (χ0n) is 18.2. The molecule has 0 radical (unpaired) electrons. The number of benzene rings is 2. The van der Waals surface area contributed by atoms with Gasteiger partial charge in [0.2, 0.25) is 5.88 Å². The maximum Gasteiger partial charge on any atom is 0.344 e. The van der Waals surface area contributed by atoms with Gasteiger partial charge in [0.25, 0.3) is 0 Å². The van der Waals surface area contributed by atoms with Crippen LogP contribution in [0.4, 0.5) is 0 Å². The molecule has 1 aliphatic rings. The molecule has 0 bridgehead atoms. The van der Waals surface area contributed by atoms with E-state index in [1.165, 1.54) is 13.2 Å². The van der Waals surface area contributed by atoms with Crippen molar-refractivity contribution in [1.82, 2.24) is 0 Å². The summed E-state index contributed by atoms with van der Waals surface area (Å²) in [5, 5.41) is 0.928. The fourth-order valence-electron chi connectivity index (χ4n) is 4.22. The van der Waals surface area contributed by atoms with Crippen LogP contribution in [0.3, 0.4) is 0 Å². The average molecular weight is 461 g/mol. The van der Waals surface area contributed by atoms with Crippen molar-refractivity contribution < 1.29 is 27.8 Å². The molecule has 1 unspecified atom stereocenters. The molecule has 0 saturated heterocycles. The van der Waals surface area contributed by atoms with Crippen molar-refractivity contribution in [2.45, 2.75) is 12.8 Å². The van der Waals surface area contributed by atoms with Crippen molar-refractivity contribution >= 4 is 27.9 Å². The van der Waals surface area contributed by atoms with Gasteiger partial charge in [0.1, 0.15) is 22.5 Å². The van der Waals surface area contributed by atoms with Crippen LogP contribution in [0.2, 0.25) is 0 Å². The van der Waals surface area contributed by atoms with E-state index in [4.69, 9.17) is 28.8 Å². The van der Waals surface area contributed by atoms with Crippen molar-refractivity contribution in [2.75, 3.05) is 13.7 Å². The zero-order valence-corrected chi connectivity index (χ0v) is 18.2. The zero-order chi connectivity index (χ0) is 24.0. The van der Waals surface area contributed by atoms with Crippen molar-refractivity contribution in [3.05, 3.63) is 92.0 Å². The van der Waals surface area contributed by atoms with Gasteiger partial charge < -0.3 is 28.8 Å². The standard InChI is InChI=1S/C25H19NO8/c1-3-31-24(28)21-19(15-11-18(27)32-17-9-8-12(30-2)10-14(15)17)20-22(34-23(21)26)13-6-4-5-7-16(13)33-25(20)29/h4-11,19H,3,26H2,1-2H3. The van der Waals surface area contributed by atoms with E-state index in [-0.39, 0.29) is 40.5 Å². The lowest BCUT2D eigenvalue weighted by Gasteiger charge is -2.28. The average Bonchev–Trinajstić information content (AvgIpc) is 2.82. The van der Waals surface area contributed by atoms with Crippen LogP contribution in [0.25, 0.3) is 21.9 Å². The van der Waals surface area contributed by atoms with E-state index in [1.807, 2.05) is 0 Å². The number of rotatable bonds is 4. The number of para-hydroxylation sites is 1. The molecule has 0 saturated carbocycles. The van der Waals surface area contributed by atoms with E-state index in [0.717, 1.165) is 0 Å². The Balaban J connectivity index is 1.92. The molecule has 9 heteroatoms. The Bertz CT molecular complexity index is 1610. The summed E-state index contributed by atoms with van der Waals surface area (Å²) < 4.78 is 27.2. The summed E-state index contributed by atoms with van der Waals surface area (Å²) in [5.74, 6) is -1.52. The largest absolute Gasteiger partial charge is 0.497 e. The number of fused-ring (bicyclic) bond motifs is 4. The SMILES string of the molecule is CCOC(=O)C1=C(N)Oc2c(c(=O)oc3ccccc23)C1c1cc(=O)oc2ccc(OC)cc12. The molecule has 1 aliphatic heterocycles. The summed E-state index contributed by atoms with van der Waals surface area (Å²) in [6, 6.07) is 12.8. The summed E-state index contributed by atoms with van der Waals surface area (Å²) in [6.45, 7) is 1.70. The van der Waals surface area contributed by atoms with Gasteiger partial charge in [-0.2, -0.15) is 0 Å². The van der Waals surface area contributed by atoms with Crippen LogP contribution in [0.1, 0.15) is 24.0 Å². The lowest BCUT2D eigenvalue weighted by molar-refractivity contribution is -0.139. The summed E-state index contributed by atoms with van der Waals surface area (Å²) in [7, 11) is 1.49. The number of methoxy groups -OCH3 is 1.